The Morgan fingerprint density at radius 2 is 1.92 bits per heavy atom. The molecule has 3 aromatic rings. The van der Waals surface area contributed by atoms with Gasteiger partial charge < -0.3 is 10.0 Å². The van der Waals surface area contributed by atoms with E-state index in [4.69, 9.17) is 0 Å². The molecule has 1 aliphatic rings. The first kappa shape index (κ1) is 16.9. The summed E-state index contributed by atoms with van der Waals surface area (Å²) < 4.78 is 1.67. The maximum Gasteiger partial charge on any atom is 0.272 e. The molecule has 0 radical (unpaired) electrons. The monoisotopic (exact) mass is 369 g/mol. The van der Waals surface area contributed by atoms with E-state index in [1.807, 2.05) is 34.5 Å². The Bertz CT molecular complexity index is 858. The summed E-state index contributed by atoms with van der Waals surface area (Å²) in [5.41, 5.74) is 0.411. The van der Waals surface area contributed by atoms with Crippen molar-refractivity contribution in [2.24, 2.45) is 5.92 Å². The molecule has 1 atom stereocenters. The van der Waals surface area contributed by atoms with Crippen LogP contribution in [0, 0.1) is 5.92 Å². The Morgan fingerprint density at radius 1 is 1.15 bits per heavy atom. The molecule has 4 rings (SSSR count). The van der Waals surface area contributed by atoms with Crippen LogP contribution in [0.15, 0.2) is 48.4 Å². The minimum atomic E-state index is -0.442. The maximum absolute atomic E-state index is 12.8. The number of piperidine rings is 1. The molecule has 4 heterocycles. The zero-order valence-corrected chi connectivity index (χ0v) is 14.9. The lowest BCUT2D eigenvalue weighted by atomic mass is 9.90. The number of hydrogen-bond acceptors (Lipinski definition) is 6. The third-order valence-corrected chi connectivity index (χ3v) is 5.69. The number of amides is 1. The maximum atomic E-state index is 12.8. The van der Waals surface area contributed by atoms with Gasteiger partial charge in [0.25, 0.3) is 5.91 Å². The SMILES string of the molecule is O=C(c1cccc(-n2cnnc2)n1)N1CCC([C@H](O)c2cccs2)CC1. The number of aromatic nitrogens is 4. The molecule has 1 fully saturated rings. The van der Waals surface area contributed by atoms with Gasteiger partial charge in [0.1, 0.15) is 24.2 Å². The smallest absolute Gasteiger partial charge is 0.272 e. The van der Waals surface area contributed by atoms with Gasteiger partial charge in [0, 0.05) is 18.0 Å². The zero-order valence-electron chi connectivity index (χ0n) is 14.1. The number of thiophene rings is 1. The number of hydrogen-bond donors (Lipinski definition) is 1. The fourth-order valence-corrected chi connectivity index (χ4v) is 4.08. The van der Waals surface area contributed by atoms with Gasteiger partial charge in [0.05, 0.1) is 6.10 Å². The van der Waals surface area contributed by atoms with E-state index in [1.165, 1.54) is 0 Å². The molecular formula is C18H19N5O2S. The summed E-state index contributed by atoms with van der Waals surface area (Å²) in [4.78, 5) is 20.0. The summed E-state index contributed by atoms with van der Waals surface area (Å²) in [5, 5.41) is 20.0. The van der Waals surface area contributed by atoms with Crippen LogP contribution in [0.1, 0.15) is 34.3 Å². The summed E-state index contributed by atoms with van der Waals surface area (Å²) >= 11 is 1.58. The molecule has 1 saturated heterocycles. The van der Waals surface area contributed by atoms with E-state index in [0.717, 1.165) is 17.7 Å². The van der Waals surface area contributed by atoms with Crippen LogP contribution in [0.4, 0.5) is 0 Å². The van der Waals surface area contributed by atoms with Gasteiger partial charge >= 0.3 is 0 Å². The minimum absolute atomic E-state index is 0.0796. The Labute approximate surface area is 154 Å². The van der Waals surface area contributed by atoms with Crippen LogP contribution >= 0.6 is 11.3 Å². The molecule has 7 nitrogen and oxygen atoms in total. The van der Waals surface area contributed by atoms with Gasteiger partial charge in [-0.25, -0.2) is 4.98 Å². The highest BCUT2D eigenvalue weighted by Gasteiger charge is 2.29. The molecule has 1 amide bonds. The molecule has 3 aromatic heterocycles. The van der Waals surface area contributed by atoms with E-state index in [0.29, 0.717) is 24.6 Å². The van der Waals surface area contributed by atoms with Gasteiger partial charge in [-0.15, -0.1) is 21.5 Å². The fourth-order valence-electron chi connectivity index (χ4n) is 3.28. The average Bonchev–Trinajstić information content (AvgIpc) is 3.41. The number of pyridine rings is 1. The van der Waals surface area contributed by atoms with Crippen molar-refractivity contribution in [1.82, 2.24) is 24.6 Å². The molecule has 0 saturated carbocycles. The second-order valence-corrected chi connectivity index (χ2v) is 7.32. The van der Waals surface area contributed by atoms with Crippen molar-refractivity contribution in [2.75, 3.05) is 13.1 Å². The molecule has 0 aliphatic carbocycles. The van der Waals surface area contributed by atoms with Crippen molar-refractivity contribution >= 4 is 17.2 Å². The zero-order chi connectivity index (χ0) is 17.9. The number of nitrogens with zero attached hydrogens (tertiary/aromatic N) is 5. The Morgan fingerprint density at radius 3 is 2.62 bits per heavy atom. The van der Waals surface area contributed by atoms with Crippen LogP contribution in [0.25, 0.3) is 5.82 Å². The Hall–Kier alpha value is -2.58. The van der Waals surface area contributed by atoms with Crippen molar-refractivity contribution < 1.29 is 9.90 Å². The quantitative estimate of drug-likeness (QED) is 0.763. The minimum Gasteiger partial charge on any atom is -0.387 e. The molecule has 0 bridgehead atoms. The lowest BCUT2D eigenvalue weighted by molar-refractivity contribution is 0.0470. The molecule has 8 heteroatoms. The summed E-state index contributed by atoms with van der Waals surface area (Å²) in [7, 11) is 0. The highest BCUT2D eigenvalue weighted by molar-refractivity contribution is 7.10. The van der Waals surface area contributed by atoms with Crippen molar-refractivity contribution in [1.29, 1.82) is 0 Å². The number of likely N-dealkylation sites (tertiary alicyclic amines) is 1. The van der Waals surface area contributed by atoms with E-state index in [9.17, 15) is 9.90 Å². The Balaban J connectivity index is 1.42. The molecule has 1 aliphatic heterocycles. The van der Waals surface area contributed by atoms with E-state index >= 15 is 0 Å². The summed E-state index contributed by atoms with van der Waals surface area (Å²) in [6, 6.07) is 9.26. The van der Waals surface area contributed by atoms with E-state index in [1.54, 1.807) is 34.6 Å². The van der Waals surface area contributed by atoms with Gasteiger partial charge in [0.15, 0.2) is 0 Å². The van der Waals surface area contributed by atoms with Crippen LogP contribution in [-0.4, -0.2) is 48.8 Å². The molecule has 0 unspecified atom stereocenters. The van der Waals surface area contributed by atoms with Crippen LogP contribution in [0.5, 0.6) is 0 Å². The van der Waals surface area contributed by atoms with Crippen LogP contribution in [0.2, 0.25) is 0 Å². The first-order valence-corrected chi connectivity index (χ1v) is 9.43. The molecule has 0 spiro atoms. The van der Waals surface area contributed by atoms with Gasteiger partial charge in [-0.1, -0.05) is 12.1 Å². The van der Waals surface area contributed by atoms with E-state index < -0.39 is 6.10 Å². The van der Waals surface area contributed by atoms with Crippen molar-refractivity contribution in [3.8, 4) is 5.82 Å². The number of carbonyl (C=O) groups excluding carboxylic acids is 1. The van der Waals surface area contributed by atoms with Crippen LogP contribution in [0.3, 0.4) is 0 Å². The summed E-state index contributed by atoms with van der Waals surface area (Å²) in [6.45, 7) is 1.26. The molecular weight excluding hydrogens is 350 g/mol. The predicted molar refractivity (Wildman–Crippen MR) is 97.1 cm³/mol. The van der Waals surface area contributed by atoms with E-state index in [-0.39, 0.29) is 11.8 Å². The molecule has 134 valence electrons. The van der Waals surface area contributed by atoms with Crippen LogP contribution in [-0.2, 0) is 0 Å². The number of aliphatic hydroxyl groups is 1. The number of carbonyl (C=O) groups is 1. The van der Waals surface area contributed by atoms with Crippen molar-refractivity contribution in [3.63, 3.8) is 0 Å². The van der Waals surface area contributed by atoms with Gasteiger partial charge in [-0.05, 0) is 42.3 Å². The topological polar surface area (TPSA) is 84.1 Å². The highest BCUT2D eigenvalue weighted by Crippen LogP contribution is 2.33. The third kappa shape index (κ3) is 3.38. The van der Waals surface area contributed by atoms with Crippen molar-refractivity contribution in [3.05, 3.63) is 58.9 Å². The van der Waals surface area contributed by atoms with Crippen molar-refractivity contribution in [2.45, 2.75) is 18.9 Å². The number of aliphatic hydroxyl groups excluding tert-OH is 1. The molecule has 1 N–H and O–H groups in total. The summed E-state index contributed by atoms with van der Waals surface area (Å²) in [6.07, 6.45) is 4.23. The second kappa shape index (κ2) is 7.35. The molecule has 26 heavy (non-hydrogen) atoms. The standard InChI is InChI=1S/C18H19N5O2S/c24-17(15-4-2-10-26-15)13-6-8-22(9-7-13)18(25)14-3-1-5-16(21-14)23-11-19-20-12-23/h1-5,10-13,17,24H,6-9H2/t17-/m0/s1. The second-order valence-electron chi connectivity index (χ2n) is 6.34. The van der Waals surface area contributed by atoms with Gasteiger partial charge in [-0.3, -0.25) is 9.36 Å². The third-order valence-electron chi connectivity index (χ3n) is 4.74. The van der Waals surface area contributed by atoms with Gasteiger partial charge in [-0.2, -0.15) is 0 Å². The predicted octanol–water partition coefficient (Wildman–Crippen LogP) is 2.31. The lowest BCUT2D eigenvalue weighted by Gasteiger charge is -2.33. The lowest BCUT2D eigenvalue weighted by Crippen LogP contribution is -2.40. The molecule has 0 aromatic carbocycles. The highest BCUT2D eigenvalue weighted by atomic mass is 32.1. The number of rotatable bonds is 4. The fraction of sp³-hybridized carbons (Fsp3) is 0.333. The summed E-state index contributed by atoms with van der Waals surface area (Å²) in [5.74, 6) is 0.724. The van der Waals surface area contributed by atoms with E-state index in [2.05, 4.69) is 15.2 Å². The normalized spacial score (nSPS) is 16.6. The average molecular weight is 369 g/mol. The largest absolute Gasteiger partial charge is 0.387 e. The van der Waals surface area contributed by atoms with Crippen LogP contribution < -0.4 is 0 Å². The Kier molecular flexibility index (Phi) is 4.77. The first-order valence-electron chi connectivity index (χ1n) is 8.55. The van der Waals surface area contributed by atoms with Gasteiger partial charge in [0.2, 0.25) is 0 Å². The first-order chi connectivity index (χ1) is 12.7.